The van der Waals surface area contributed by atoms with Crippen molar-refractivity contribution < 1.29 is 27.4 Å². The maximum atomic E-state index is 13.6. The van der Waals surface area contributed by atoms with Gasteiger partial charge in [-0.25, -0.2) is 8.42 Å². The lowest BCUT2D eigenvalue weighted by atomic mass is 10.0. The lowest BCUT2D eigenvalue weighted by Gasteiger charge is -2.36. The molecule has 186 valence electrons. The zero-order valence-electron chi connectivity index (χ0n) is 20.4. The van der Waals surface area contributed by atoms with E-state index in [4.69, 9.17) is 14.2 Å². The highest BCUT2D eigenvalue weighted by atomic mass is 32.2. The predicted molar refractivity (Wildman–Crippen MR) is 125 cm³/mol. The maximum absolute atomic E-state index is 13.6. The summed E-state index contributed by atoms with van der Waals surface area (Å²) in [6.45, 7) is 5.82. The molecule has 1 aromatic carbocycles. The third kappa shape index (κ3) is 6.05. The van der Waals surface area contributed by atoms with Crippen LogP contribution in [-0.2, 0) is 24.3 Å². The number of benzene rings is 1. The van der Waals surface area contributed by atoms with Gasteiger partial charge in [-0.15, -0.1) is 0 Å². The highest BCUT2D eigenvalue weighted by Gasteiger charge is 2.36. The van der Waals surface area contributed by atoms with Crippen LogP contribution in [0.15, 0.2) is 17.0 Å². The summed E-state index contributed by atoms with van der Waals surface area (Å²) in [4.78, 5) is 16.9. The van der Waals surface area contributed by atoms with Crippen molar-refractivity contribution in [3.05, 3.63) is 23.3 Å². The zero-order chi connectivity index (χ0) is 24.2. The molecule has 0 aromatic heterocycles. The highest BCUT2D eigenvalue weighted by Crippen LogP contribution is 2.30. The van der Waals surface area contributed by atoms with Crippen LogP contribution in [0.1, 0.15) is 24.0 Å². The van der Waals surface area contributed by atoms with Crippen molar-refractivity contribution in [3.8, 4) is 5.75 Å². The van der Waals surface area contributed by atoms with Crippen LogP contribution in [0.25, 0.3) is 0 Å². The summed E-state index contributed by atoms with van der Waals surface area (Å²) in [6.07, 6.45) is 1.89. The van der Waals surface area contributed by atoms with Crippen LogP contribution in [0, 0.1) is 13.8 Å². The van der Waals surface area contributed by atoms with Crippen molar-refractivity contribution in [3.63, 3.8) is 0 Å². The molecule has 0 unspecified atom stereocenters. The molecular formula is C23H37N3O6S. The van der Waals surface area contributed by atoms with E-state index in [9.17, 15) is 13.2 Å². The number of piperidine rings is 1. The van der Waals surface area contributed by atoms with Crippen LogP contribution < -0.4 is 4.74 Å². The molecule has 2 aliphatic heterocycles. The van der Waals surface area contributed by atoms with E-state index in [0.29, 0.717) is 42.6 Å². The van der Waals surface area contributed by atoms with Gasteiger partial charge in [0.25, 0.3) is 0 Å². The minimum atomic E-state index is -3.77. The summed E-state index contributed by atoms with van der Waals surface area (Å²) in [5.74, 6) is 0.569. The van der Waals surface area contributed by atoms with Gasteiger partial charge in [-0.1, -0.05) is 0 Å². The molecule has 1 atom stereocenters. The molecule has 2 aliphatic rings. The quantitative estimate of drug-likeness (QED) is 0.550. The molecule has 0 N–H and O–H groups in total. The lowest BCUT2D eigenvalue weighted by Crippen LogP contribution is -2.51. The van der Waals surface area contributed by atoms with Crippen molar-refractivity contribution in [2.45, 2.75) is 43.7 Å². The number of amides is 1. The Balaban J connectivity index is 1.62. The van der Waals surface area contributed by atoms with Gasteiger partial charge in [0.1, 0.15) is 12.4 Å². The molecule has 0 saturated carbocycles. The minimum Gasteiger partial charge on any atom is -0.497 e. The van der Waals surface area contributed by atoms with Gasteiger partial charge in [0, 0.05) is 25.7 Å². The van der Waals surface area contributed by atoms with Gasteiger partial charge < -0.3 is 24.0 Å². The number of methoxy groups -OCH3 is 1. The topological polar surface area (TPSA) is 88.6 Å². The van der Waals surface area contributed by atoms with Crippen LogP contribution in [-0.4, -0.2) is 108 Å². The molecule has 2 fully saturated rings. The molecule has 0 spiro atoms. The monoisotopic (exact) mass is 483 g/mol. The largest absolute Gasteiger partial charge is 0.497 e. The first-order valence-corrected chi connectivity index (χ1v) is 12.9. The summed E-state index contributed by atoms with van der Waals surface area (Å²) in [5, 5.41) is 0. The van der Waals surface area contributed by atoms with Gasteiger partial charge in [-0.2, -0.15) is 4.31 Å². The number of hydrogen-bond donors (Lipinski definition) is 0. The Labute approximate surface area is 197 Å². The second kappa shape index (κ2) is 11.1. The molecular weight excluding hydrogens is 446 g/mol. The fraction of sp³-hybridized carbons (Fsp3) is 0.696. The molecule has 10 heteroatoms. The van der Waals surface area contributed by atoms with E-state index in [0.717, 1.165) is 12.8 Å². The van der Waals surface area contributed by atoms with E-state index in [1.807, 2.05) is 4.90 Å². The third-order valence-electron chi connectivity index (χ3n) is 6.49. The fourth-order valence-corrected chi connectivity index (χ4v) is 6.64. The number of rotatable bonds is 8. The van der Waals surface area contributed by atoms with Gasteiger partial charge >= 0.3 is 0 Å². The normalized spacial score (nSPS) is 20.9. The van der Waals surface area contributed by atoms with E-state index in [2.05, 4.69) is 19.0 Å². The van der Waals surface area contributed by atoms with E-state index in [1.54, 1.807) is 33.1 Å². The molecule has 0 aliphatic carbocycles. The fourth-order valence-electron chi connectivity index (χ4n) is 4.65. The third-order valence-corrected chi connectivity index (χ3v) is 8.75. The zero-order valence-corrected chi connectivity index (χ0v) is 21.2. The van der Waals surface area contributed by atoms with E-state index < -0.39 is 16.1 Å². The van der Waals surface area contributed by atoms with Gasteiger partial charge in [0.15, 0.2) is 0 Å². The summed E-state index contributed by atoms with van der Waals surface area (Å²) in [7, 11) is 1.92. The van der Waals surface area contributed by atoms with Crippen molar-refractivity contribution in [1.82, 2.24) is 14.1 Å². The molecule has 0 bridgehead atoms. The van der Waals surface area contributed by atoms with Gasteiger partial charge in [-0.05, 0) is 64.0 Å². The predicted octanol–water partition coefficient (Wildman–Crippen LogP) is 1.27. The van der Waals surface area contributed by atoms with Crippen LogP contribution >= 0.6 is 0 Å². The Morgan fingerprint density at radius 3 is 2.36 bits per heavy atom. The first kappa shape index (κ1) is 25.9. The number of carbonyl (C=O) groups excluding carboxylic acids is 1. The highest BCUT2D eigenvalue weighted by molar-refractivity contribution is 7.89. The lowest BCUT2D eigenvalue weighted by molar-refractivity contribution is -0.138. The Morgan fingerprint density at radius 2 is 1.79 bits per heavy atom. The second-order valence-electron chi connectivity index (χ2n) is 9.03. The average Bonchev–Trinajstić information content (AvgIpc) is 2.78. The molecule has 2 heterocycles. The number of hydrogen-bond acceptors (Lipinski definition) is 7. The first-order chi connectivity index (χ1) is 15.6. The van der Waals surface area contributed by atoms with E-state index >= 15 is 0 Å². The molecule has 9 nitrogen and oxygen atoms in total. The molecule has 3 rings (SSSR count). The Bertz CT molecular complexity index is 905. The number of aryl methyl sites for hydroxylation is 2. The average molecular weight is 484 g/mol. The first-order valence-electron chi connectivity index (χ1n) is 11.4. The van der Waals surface area contributed by atoms with Crippen molar-refractivity contribution >= 4 is 15.9 Å². The number of carbonyl (C=O) groups is 1. The summed E-state index contributed by atoms with van der Waals surface area (Å²) in [6, 6.07) is 3.46. The van der Waals surface area contributed by atoms with Crippen molar-refractivity contribution in [1.29, 1.82) is 0 Å². The molecule has 2 saturated heterocycles. The van der Waals surface area contributed by atoms with Crippen LogP contribution in [0.3, 0.4) is 0 Å². The smallest absolute Gasteiger partial charge is 0.248 e. The number of ether oxygens (including phenoxy) is 3. The minimum absolute atomic E-state index is 0.0554. The summed E-state index contributed by atoms with van der Waals surface area (Å²) >= 11 is 0. The molecule has 1 amide bonds. The maximum Gasteiger partial charge on any atom is 0.248 e. The SMILES string of the molecule is COc1cc(C)c(S(=O)(=O)N2CCOC[C@H]2COCC(=O)N2CCC(N(C)C)CC2)c(C)c1. The van der Waals surface area contributed by atoms with Crippen LogP contribution in [0.5, 0.6) is 5.75 Å². The number of nitrogens with zero attached hydrogens (tertiary/aromatic N) is 3. The Kier molecular flexibility index (Phi) is 8.74. The number of morpholine rings is 1. The van der Waals surface area contributed by atoms with Crippen molar-refractivity contribution in [2.75, 3.05) is 67.3 Å². The standard InChI is InChI=1S/C23H37N3O6S/c1-17-12-21(30-5)13-18(2)23(17)33(28,29)26-10-11-31-14-20(26)15-32-16-22(27)25-8-6-19(7-9-25)24(3)4/h12-13,19-20H,6-11,14-16H2,1-5H3/t20-/m0/s1. The molecule has 33 heavy (non-hydrogen) atoms. The summed E-state index contributed by atoms with van der Waals surface area (Å²) < 4.78 is 45.1. The van der Waals surface area contributed by atoms with E-state index in [-0.39, 0.29) is 37.2 Å². The molecule has 1 aromatic rings. The number of sulfonamides is 1. The Morgan fingerprint density at radius 1 is 1.15 bits per heavy atom. The van der Waals surface area contributed by atoms with Gasteiger partial charge in [-0.3, -0.25) is 4.79 Å². The van der Waals surface area contributed by atoms with Crippen LogP contribution in [0.4, 0.5) is 0 Å². The van der Waals surface area contributed by atoms with Crippen molar-refractivity contribution in [2.24, 2.45) is 0 Å². The number of likely N-dealkylation sites (tertiary alicyclic amines) is 1. The van der Waals surface area contributed by atoms with Gasteiger partial charge in [0.2, 0.25) is 15.9 Å². The summed E-state index contributed by atoms with van der Waals surface area (Å²) in [5.41, 5.74) is 1.27. The van der Waals surface area contributed by atoms with Crippen LogP contribution in [0.2, 0.25) is 0 Å². The Hall–Kier alpha value is -1.72. The van der Waals surface area contributed by atoms with E-state index in [1.165, 1.54) is 4.31 Å². The molecule has 0 radical (unpaired) electrons. The van der Waals surface area contributed by atoms with Gasteiger partial charge in [0.05, 0.1) is 37.9 Å². The second-order valence-corrected chi connectivity index (χ2v) is 10.9.